The Morgan fingerprint density at radius 3 is 1.61 bits per heavy atom. The van der Waals surface area contributed by atoms with Gasteiger partial charge in [-0.2, -0.15) is 0 Å². The van der Waals surface area contributed by atoms with Gasteiger partial charge in [-0.25, -0.2) is 0 Å². The third-order valence-electron chi connectivity index (χ3n) is 8.94. The summed E-state index contributed by atoms with van der Waals surface area (Å²) < 4.78 is 0. The fourth-order valence-corrected chi connectivity index (χ4v) is 5.76. The summed E-state index contributed by atoms with van der Waals surface area (Å²) in [5.74, 6) is -2.41. The van der Waals surface area contributed by atoms with Crippen LogP contribution in [0.4, 0.5) is 0 Å². The van der Waals surface area contributed by atoms with Crippen molar-refractivity contribution in [2.75, 3.05) is 26.2 Å². The number of amides is 4. The molecule has 15 nitrogen and oxygen atoms in total. The molecule has 0 spiro atoms. The monoisotopic (exact) mass is 724 g/mol. The van der Waals surface area contributed by atoms with Crippen molar-refractivity contribution in [1.29, 1.82) is 0 Å². The Morgan fingerprint density at radius 2 is 1.06 bits per heavy atom. The van der Waals surface area contributed by atoms with Crippen molar-refractivity contribution >= 4 is 29.6 Å². The first kappa shape index (κ1) is 45.9. The topological polar surface area (TPSA) is 242 Å². The molecule has 0 aromatic carbocycles. The van der Waals surface area contributed by atoms with Crippen molar-refractivity contribution in [3.63, 3.8) is 0 Å². The fraction of sp³-hybridized carbons (Fsp3) is 0.861. The lowest BCUT2D eigenvalue weighted by molar-refractivity contribution is -0.138. The van der Waals surface area contributed by atoms with Gasteiger partial charge in [0.05, 0.1) is 6.04 Å². The van der Waals surface area contributed by atoms with Gasteiger partial charge in [0.15, 0.2) is 0 Å². The number of carbonyl (C=O) groups is 5. The summed E-state index contributed by atoms with van der Waals surface area (Å²) >= 11 is 0. The summed E-state index contributed by atoms with van der Waals surface area (Å²) in [4.78, 5) is 63.2. The molecule has 1 rings (SSSR count). The molecule has 4 amide bonds. The second-order valence-corrected chi connectivity index (χ2v) is 13.6. The van der Waals surface area contributed by atoms with E-state index < -0.39 is 42.2 Å². The molecule has 0 aromatic heterocycles. The van der Waals surface area contributed by atoms with E-state index in [9.17, 15) is 29.1 Å². The number of nitrogens with one attached hydrogen (secondary N) is 5. The molecular formula is C36H69N9O6. The van der Waals surface area contributed by atoms with Crippen LogP contribution in [0.3, 0.4) is 0 Å². The minimum Gasteiger partial charge on any atom is -0.481 e. The van der Waals surface area contributed by atoms with Crippen LogP contribution >= 0.6 is 0 Å². The van der Waals surface area contributed by atoms with Crippen LogP contribution in [0.1, 0.15) is 148 Å². The number of carboxylic acids is 1. The Morgan fingerprint density at radius 1 is 0.569 bits per heavy atom. The summed E-state index contributed by atoms with van der Waals surface area (Å²) in [5.41, 5.74) is 11.3. The maximum atomic E-state index is 13.4. The molecule has 1 aliphatic rings. The van der Waals surface area contributed by atoms with E-state index in [1.54, 1.807) is 0 Å². The number of aliphatic carboxylic acids is 1. The highest BCUT2D eigenvalue weighted by atomic mass is 16.4. The van der Waals surface area contributed by atoms with Crippen molar-refractivity contribution in [3.05, 3.63) is 0 Å². The molecule has 1 aliphatic heterocycles. The Labute approximate surface area is 305 Å². The van der Waals surface area contributed by atoms with Gasteiger partial charge < -0.3 is 37.8 Å². The molecule has 3 unspecified atom stereocenters. The van der Waals surface area contributed by atoms with Crippen molar-refractivity contribution in [3.8, 4) is 0 Å². The van der Waals surface area contributed by atoms with E-state index in [4.69, 9.17) is 11.5 Å². The standard InChI is InChI=1S/C36H69N9O6/c1-2-3-4-5-6-7-8-9-12-21-31(46)39-26-17-10-11-18-27-40-33(49)30(22-23-32(47)48)42-34(50)28(19-13-15-24-37)41-35(51)29(20-14-16-25-38)43-36-44-45-36/h28-30,36,43H,2-27,37-38H2,1H3,(H,39,46)(H,40,49)(H,41,51)(H,42,50)(H,47,48). The highest BCUT2D eigenvalue weighted by molar-refractivity contribution is 5.93. The maximum Gasteiger partial charge on any atom is 0.303 e. The molecule has 0 saturated carbocycles. The Bertz CT molecular complexity index is 1010. The van der Waals surface area contributed by atoms with Crippen LogP contribution in [0.5, 0.6) is 0 Å². The SMILES string of the molecule is CCCCCCCCCCCC(=O)NCCCCCCNC(=O)C(CCC(=O)O)NC(=O)C(CCCCN)NC(=O)C(CCCCN)NC1N=N1. The van der Waals surface area contributed by atoms with Gasteiger partial charge in [0.25, 0.3) is 0 Å². The number of unbranched alkanes of at least 4 members (excludes halogenated alkanes) is 13. The molecule has 294 valence electrons. The van der Waals surface area contributed by atoms with E-state index in [0.717, 1.165) is 38.5 Å². The van der Waals surface area contributed by atoms with Crippen LogP contribution in [0.2, 0.25) is 0 Å². The average Bonchev–Trinajstić information content (AvgIpc) is 3.93. The van der Waals surface area contributed by atoms with Gasteiger partial charge in [-0.05, 0) is 70.9 Å². The quantitative estimate of drug-likeness (QED) is 0.0446. The molecule has 0 aliphatic carbocycles. The van der Waals surface area contributed by atoms with E-state index in [1.807, 2.05) is 0 Å². The molecular weight excluding hydrogens is 654 g/mol. The Hall–Kier alpha value is -3.17. The predicted octanol–water partition coefficient (Wildman–Crippen LogP) is 3.50. The number of rotatable bonds is 35. The van der Waals surface area contributed by atoms with E-state index in [2.05, 4.69) is 43.7 Å². The Balaban J connectivity index is 2.46. The third-order valence-corrected chi connectivity index (χ3v) is 8.94. The zero-order chi connectivity index (χ0) is 37.5. The number of carboxylic acid groups (broad SMARTS) is 1. The summed E-state index contributed by atoms with van der Waals surface area (Å²) in [5, 5.41) is 31.2. The van der Waals surface area contributed by atoms with Gasteiger partial charge in [-0.1, -0.05) is 77.6 Å². The zero-order valence-corrected chi connectivity index (χ0v) is 31.2. The van der Waals surface area contributed by atoms with Crippen LogP contribution in [-0.4, -0.2) is 85.3 Å². The number of nitrogens with two attached hydrogens (primary N) is 2. The van der Waals surface area contributed by atoms with Gasteiger partial charge in [0, 0.05) is 25.9 Å². The summed E-state index contributed by atoms with van der Waals surface area (Å²) in [7, 11) is 0. The lowest BCUT2D eigenvalue weighted by Gasteiger charge is -2.25. The predicted molar refractivity (Wildman–Crippen MR) is 198 cm³/mol. The largest absolute Gasteiger partial charge is 0.481 e. The number of carbonyl (C=O) groups excluding carboxylic acids is 4. The van der Waals surface area contributed by atoms with Crippen molar-refractivity contribution in [2.24, 2.45) is 21.7 Å². The third kappa shape index (κ3) is 25.4. The molecule has 0 saturated heterocycles. The van der Waals surface area contributed by atoms with Crippen LogP contribution in [0.25, 0.3) is 0 Å². The minimum atomic E-state index is -1.09. The van der Waals surface area contributed by atoms with Crippen molar-refractivity contribution in [1.82, 2.24) is 26.6 Å². The van der Waals surface area contributed by atoms with E-state index in [1.165, 1.54) is 44.9 Å². The second-order valence-electron chi connectivity index (χ2n) is 13.6. The summed E-state index contributed by atoms with van der Waals surface area (Å²) in [6.07, 6.45) is 17.4. The first-order chi connectivity index (χ1) is 24.7. The lowest BCUT2D eigenvalue weighted by Crippen LogP contribution is -2.56. The second kappa shape index (κ2) is 30.5. The molecule has 15 heteroatoms. The highest BCUT2D eigenvalue weighted by Crippen LogP contribution is 2.13. The minimum absolute atomic E-state index is 0.0942. The van der Waals surface area contributed by atoms with Crippen LogP contribution in [0.15, 0.2) is 10.2 Å². The van der Waals surface area contributed by atoms with E-state index in [0.29, 0.717) is 71.1 Å². The van der Waals surface area contributed by atoms with Crippen molar-refractivity contribution < 1.29 is 29.1 Å². The molecule has 0 bridgehead atoms. The molecule has 10 N–H and O–H groups in total. The normalized spacial score (nSPS) is 14.0. The Kier molecular flexibility index (Phi) is 27.4. The lowest BCUT2D eigenvalue weighted by atomic mass is 10.0. The highest BCUT2D eigenvalue weighted by Gasteiger charge is 2.31. The van der Waals surface area contributed by atoms with Gasteiger partial charge >= 0.3 is 5.97 Å². The maximum absolute atomic E-state index is 13.4. The fourth-order valence-electron chi connectivity index (χ4n) is 5.76. The van der Waals surface area contributed by atoms with Crippen LogP contribution < -0.4 is 38.1 Å². The molecule has 0 fully saturated rings. The summed E-state index contributed by atoms with van der Waals surface area (Å²) in [6.45, 7) is 4.14. The average molecular weight is 724 g/mol. The van der Waals surface area contributed by atoms with E-state index >= 15 is 0 Å². The van der Waals surface area contributed by atoms with Crippen molar-refractivity contribution in [2.45, 2.75) is 173 Å². The number of hydrogen-bond donors (Lipinski definition) is 8. The molecule has 3 atom stereocenters. The van der Waals surface area contributed by atoms with E-state index in [-0.39, 0.29) is 24.7 Å². The first-order valence-electron chi connectivity index (χ1n) is 19.6. The van der Waals surface area contributed by atoms with Gasteiger partial charge in [-0.3, -0.25) is 29.3 Å². The van der Waals surface area contributed by atoms with Crippen LogP contribution in [-0.2, 0) is 24.0 Å². The zero-order valence-electron chi connectivity index (χ0n) is 31.2. The van der Waals surface area contributed by atoms with Crippen LogP contribution in [0, 0.1) is 0 Å². The number of nitrogens with zero attached hydrogens (tertiary/aromatic N) is 2. The van der Waals surface area contributed by atoms with Gasteiger partial charge in [-0.15, -0.1) is 10.2 Å². The number of hydrogen-bond acceptors (Lipinski definition) is 10. The first-order valence-corrected chi connectivity index (χ1v) is 19.6. The molecule has 51 heavy (non-hydrogen) atoms. The smallest absolute Gasteiger partial charge is 0.303 e. The molecule has 0 radical (unpaired) electrons. The summed E-state index contributed by atoms with van der Waals surface area (Å²) in [6, 6.07) is -2.65. The molecule has 0 aromatic rings. The molecule has 1 heterocycles. The van der Waals surface area contributed by atoms with Gasteiger partial charge in [0.1, 0.15) is 12.1 Å². The van der Waals surface area contributed by atoms with Gasteiger partial charge in [0.2, 0.25) is 29.9 Å².